The number of carbonyl (C=O) groups is 3. The van der Waals surface area contributed by atoms with Crippen LogP contribution in [0.2, 0.25) is 0 Å². The number of esters is 1. The van der Waals surface area contributed by atoms with E-state index in [1.165, 1.54) is 28.6 Å². The van der Waals surface area contributed by atoms with E-state index in [2.05, 4.69) is 17.6 Å². The van der Waals surface area contributed by atoms with Gasteiger partial charge in [-0.3, -0.25) is 14.4 Å². The minimum absolute atomic E-state index is 0.0160. The number of benzene rings is 2. The quantitative estimate of drug-likeness (QED) is 0.571. The summed E-state index contributed by atoms with van der Waals surface area (Å²) in [7, 11) is -3.80. The van der Waals surface area contributed by atoms with Gasteiger partial charge in [0.05, 0.1) is 16.1 Å². The molecule has 36 heavy (non-hydrogen) atoms. The van der Waals surface area contributed by atoms with Gasteiger partial charge in [-0.2, -0.15) is 0 Å². The number of aryl methyl sites for hydroxylation is 1. The molecule has 3 amide bonds. The largest absolute Gasteiger partial charge is 0.452 e. The Morgan fingerprint density at radius 3 is 2.47 bits per heavy atom. The monoisotopic (exact) mass is 513 g/mol. The molecule has 0 radical (unpaired) electrons. The molecule has 2 N–H and O–H groups in total. The second kappa shape index (κ2) is 11.1. The first-order valence-electron chi connectivity index (χ1n) is 12.2. The van der Waals surface area contributed by atoms with Gasteiger partial charge in [0.15, 0.2) is 6.61 Å². The number of imide groups is 1. The topological polar surface area (TPSA) is 122 Å². The minimum Gasteiger partial charge on any atom is -0.452 e. The number of hydrogen-bond donors (Lipinski definition) is 2. The third-order valence-corrected chi connectivity index (χ3v) is 8.59. The predicted molar refractivity (Wildman–Crippen MR) is 134 cm³/mol. The summed E-state index contributed by atoms with van der Waals surface area (Å²) in [5.41, 5.74) is 1.74. The summed E-state index contributed by atoms with van der Waals surface area (Å²) >= 11 is 0. The molecule has 1 aliphatic heterocycles. The Morgan fingerprint density at radius 2 is 1.72 bits per heavy atom. The Morgan fingerprint density at radius 1 is 1.00 bits per heavy atom. The van der Waals surface area contributed by atoms with Crippen LogP contribution in [0.5, 0.6) is 0 Å². The SMILES string of the molecule is C[C@@H]1CCCC[C@H]1NC(=O)NC(=O)COC(=O)c1ccc(S(=O)(=O)N2CCCc3ccccc32)cc1. The summed E-state index contributed by atoms with van der Waals surface area (Å²) in [5.74, 6) is -1.19. The number of fused-ring (bicyclic) bond motifs is 1. The summed E-state index contributed by atoms with van der Waals surface area (Å²) in [6.45, 7) is 1.82. The zero-order valence-electron chi connectivity index (χ0n) is 20.2. The highest BCUT2D eigenvalue weighted by Crippen LogP contribution is 2.31. The molecule has 10 heteroatoms. The third-order valence-electron chi connectivity index (χ3n) is 6.76. The van der Waals surface area contributed by atoms with Crippen LogP contribution in [0.25, 0.3) is 0 Å². The van der Waals surface area contributed by atoms with Gasteiger partial charge in [-0.05, 0) is 67.5 Å². The Hall–Kier alpha value is -3.40. The normalized spacial score (nSPS) is 19.6. The van der Waals surface area contributed by atoms with Crippen LogP contribution >= 0.6 is 0 Å². The van der Waals surface area contributed by atoms with Crippen LogP contribution in [0, 0.1) is 5.92 Å². The Bertz CT molecular complexity index is 1230. The van der Waals surface area contributed by atoms with Crippen molar-refractivity contribution in [2.24, 2.45) is 5.92 Å². The van der Waals surface area contributed by atoms with E-state index >= 15 is 0 Å². The summed E-state index contributed by atoms with van der Waals surface area (Å²) in [4.78, 5) is 36.5. The molecule has 1 saturated carbocycles. The van der Waals surface area contributed by atoms with Gasteiger partial charge in [-0.25, -0.2) is 18.0 Å². The maximum absolute atomic E-state index is 13.2. The summed E-state index contributed by atoms with van der Waals surface area (Å²) in [5, 5.41) is 4.98. The minimum atomic E-state index is -3.80. The van der Waals surface area contributed by atoms with Crippen LogP contribution in [0.1, 0.15) is 54.9 Å². The molecule has 0 aromatic heterocycles. The first-order chi connectivity index (χ1) is 17.3. The van der Waals surface area contributed by atoms with E-state index in [1.54, 1.807) is 6.07 Å². The molecule has 1 aliphatic carbocycles. The van der Waals surface area contributed by atoms with E-state index < -0.39 is 34.5 Å². The molecule has 4 rings (SSSR count). The molecule has 2 aromatic rings. The van der Waals surface area contributed by atoms with E-state index in [4.69, 9.17) is 4.74 Å². The predicted octanol–water partition coefficient (Wildman–Crippen LogP) is 3.39. The molecule has 0 bridgehead atoms. The molecule has 0 saturated heterocycles. The number of anilines is 1. The molecule has 1 heterocycles. The van der Waals surface area contributed by atoms with E-state index in [-0.39, 0.29) is 16.5 Å². The van der Waals surface area contributed by atoms with E-state index in [0.717, 1.165) is 44.1 Å². The number of nitrogens with one attached hydrogen (secondary N) is 2. The molecule has 0 unspecified atom stereocenters. The van der Waals surface area contributed by atoms with Crippen molar-refractivity contribution in [3.63, 3.8) is 0 Å². The van der Waals surface area contributed by atoms with Crippen LogP contribution in [0.4, 0.5) is 10.5 Å². The molecular weight excluding hydrogens is 482 g/mol. The summed E-state index contributed by atoms with van der Waals surface area (Å²) in [6, 6.07) is 12.2. The highest BCUT2D eigenvalue weighted by molar-refractivity contribution is 7.92. The number of carbonyl (C=O) groups excluding carboxylic acids is 3. The fourth-order valence-electron chi connectivity index (χ4n) is 4.75. The van der Waals surface area contributed by atoms with Gasteiger partial charge in [0.1, 0.15) is 0 Å². The first kappa shape index (κ1) is 25.7. The van der Waals surface area contributed by atoms with Crippen molar-refractivity contribution in [3.05, 3.63) is 59.7 Å². The number of para-hydroxylation sites is 1. The van der Waals surface area contributed by atoms with Gasteiger partial charge >= 0.3 is 12.0 Å². The number of amides is 3. The highest BCUT2D eigenvalue weighted by atomic mass is 32.2. The van der Waals surface area contributed by atoms with Gasteiger partial charge in [0.2, 0.25) is 0 Å². The fraction of sp³-hybridized carbons (Fsp3) is 0.423. The lowest BCUT2D eigenvalue weighted by molar-refractivity contribution is -0.123. The number of nitrogens with zero attached hydrogens (tertiary/aromatic N) is 1. The Labute approximate surface area is 211 Å². The van der Waals surface area contributed by atoms with Crippen molar-refractivity contribution < 1.29 is 27.5 Å². The van der Waals surface area contributed by atoms with E-state index in [0.29, 0.717) is 18.2 Å². The molecular formula is C26H31N3O6S. The smallest absolute Gasteiger partial charge is 0.338 e. The number of urea groups is 1. The molecule has 2 aromatic carbocycles. The zero-order valence-corrected chi connectivity index (χ0v) is 21.1. The van der Waals surface area contributed by atoms with Crippen molar-refractivity contribution in [2.75, 3.05) is 17.5 Å². The number of sulfonamides is 1. The molecule has 2 aliphatic rings. The molecule has 192 valence electrons. The maximum atomic E-state index is 13.2. The van der Waals surface area contributed by atoms with E-state index in [1.807, 2.05) is 18.2 Å². The van der Waals surface area contributed by atoms with Crippen LogP contribution < -0.4 is 14.9 Å². The first-order valence-corrected chi connectivity index (χ1v) is 13.7. The van der Waals surface area contributed by atoms with Gasteiger partial charge in [0.25, 0.3) is 15.9 Å². The van der Waals surface area contributed by atoms with Gasteiger partial charge < -0.3 is 10.1 Å². The average Bonchev–Trinajstić information content (AvgIpc) is 2.88. The third kappa shape index (κ3) is 5.87. The fourth-order valence-corrected chi connectivity index (χ4v) is 6.29. The van der Waals surface area contributed by atoms with Crippen LogP contribution in [0.15, 0.2) is 53.4 Å². The number of ether oxygens (including phenoxy) is 1. The van der Waals surface area contributed by atoms with Crippen LogP contribution in [0.3, 0.4) is 0 Å². The van der Waals surface area contributed by atoms with Crippen LogP contribution in [-0.4, -0.2) is 45.5 Å². The van der Waals surface area contributed by atoms with Crippen LogP contribution in [-0.2, 0) is 26.0 Å². The number of hydrogen-bond acceptors (Lipinski definition) is 6. The molecule has 2 atom stereocenters. The van der Waals surface area contributed by atoms with Gasteiger partial charge in [0, 0.05) is 12.6 Å². The summed E-state index contributed by atoms with van der Waals surface area (Å²) < 4.78 is 32.9. The number of rotatable bonds is 6. The molecule has 0 spiro atoms. The zero-order chi connectivity index (χ0) is 25.7. The van der Waals surface area contributed by atoms with Gasteiger partial charge in [-0.15, -0.1) is 0 Å². The Kier molecular flexibility index (Phi) is 7.93. The lowest BCUT2D eigenvalue weighted by Crippen LogP contribution is -2.48. The van der Waals surface area contributed by atoms with E-state index in [9.17, 15) is 22.8 Å². The van der Waals surface area contributed by atoms with Crippen molar-refractivity contribution >= 4 is 33.6 Å². The van der Waals surface area contributed by atoms with Crippen molar-refractivity contribution in [1.29, 1.82) is 0 Å². The highest BCUT2D eigenvalue weighted by Gasteiger charge is 2.29. The van der Waals surface area contributed by atoms with Crippen molar-refractivity contribution in [2.45, 2.75) is 56.4 Å². The average molecular weight is 514 g/mol. The van der Waals surface area contributed by atoms with Gasteiger partial charge in [-0.1, -0.05) is 38.0 Å². The molecule has 9 nitrogen and oxygen atoms in total. The second-order valence-electron chi connectivity index (χ2n) is 9.30. The standard InChI is InChI=1S/C26H31N3O6S/c1-18-7-2-4-10-22(18)27-26(32)28-24(30)17-35-25(31)20-12-14-21(15-13-20)36(33,34)29-16-6-9-19-8-3-5-11-23(19)29/h3,5,8,11-15,18,22H,2,4,6-7,9-10,16-17H2,1H3,(H2,27,28,30,32)/t18-,22-/m1/s1. The molecule has 1 fully saturated rings. The van der Waals surface area contributed by atoms with Crippen molar-refractivity contribution in [1.82, 2.24) is 10.6 Å². The summed E-state index contributed by atoms with van der Waals surface area (Å²) in [6.07, 6.45) is 5.61. The second-order valence-corrected chi connectivity index (χ2v) is 11.2. The lowest BCUT2D eigenvalue weighted by Gasteiger charge is -2.30. The lowest BCUT2D eigenvalue weighted by atomic mass is 9.86. The Balaban J connectivity index is 1.31. The maximum Gasteiger partial charge on any atom is 0.338 e. The van der Waals surface area contributed by atoms with Crippen molar-refractivity contribution in [3.8, 4) is 0 Å².